The molecule has 0 bridgehead atoms. The Morgan fingerprint density at radius 2 is 2.07 bits per heavy atom. The van der Waals surface area contributed by atoms with Gasteiger partial charge in [-0.2, -0.15) is 11.8 Å². The molecule has 0 aliphatic carbocycles. The minimum atomic E-state index is -0.474. The predicted molar refractivity (Wildman–Crippen MR) is 61.2 cm³/mol. The number of hydrogen-bond acceptors (Lipinski definition) is 5. The summed E-state index contributed by atoms with van der Waals surface area (Å²) in [7, 11) is 3.10. The molecule has 0 unspecified atom stereocenters. The summed E-state index contributed by atoms with van der Waals surface area (Å²) in [6.45, 7) is 1.31. The first kappa shape index (κ1) is 12.8. The number of hydrogen-bond donors (Lipinski definition) is 1. The number of methoxy groups -OCH3 is 2. The molecular formula is C10H19NO3S. The quantitative estimate of drug-likeness (QED) is 0.558. The normalized spacial score (nSPS) is 19.9. The van der Waals surface area contributed by atoms with Gasteiger partial charge in [0.2, 0.25) is 0 Å². The zero-order chi connectivity index (χ0) is 11.1. The van der Waals surface area contributed by atoms with Crippen LogP contribution < -0.4 is 5.32 Å². The van der Waals surface area contributed by atoms with E-state index >= 15 is 0 Å². The van der Waals surface area contributed by atoms with Gasteiger partial charge in [0.1, 0.15) is 5.54 Å². The second-order valence-corrected chi connectivity index (χ2v) is 4.83. The number of thioether (sulfide) groups is 1. The molecule has 88 valence electrons. The third kappa shape index (κ3) is 3.36. The van der Waals surface area contributed by atoms with E-state index in [2.05, 4.69) is 5.32 Å². The second kappa shape index (κ2) is 6.35. The third-order valence-electron chi connectivity index (χ3n) is 2.69. The third-order valence-corrected chi connectivity index (χ3v) is 3.68. The molecule has 0 aromatic rings. The van der Waals surface area contributed by atoms with Gasteiger partial charge in [0, 0.05) is 13.7 Å². The molecule has 1 heterocycles. The molecule has 4 nitrogen and oxygen atoms in total. The van der Waals surface area contributed by atoms with Crippen molar-refractivity contribution in [2.45, 2.75) is 18.4 Å². The number of rotatable bonds is 5. The van der Waals surface area contributed by atoms with Crippen LogP contribution in [0.5, 0.6) is 0 Å². The Balaban J connectivity index is 2.54. The van der Waals surface area contributed by atoms with Crippen LogP contribution in [0.15, 0.2) is 0 Å². The Labute approximate surface area is 95.1 Å². The molecule has 5 heteroatoms. The Morgan fingerprint density at radius 1 is 1.40 bits per heavy atom. The average molecular weight is 233 g/mol. The molecular weight excluding hydrogens is 214 g/mol. The maximum Gasteiger partial charge on any atom is 0.326 e. The van der Waals surface area contributed by atoms with Crippen molar-refractivity contribution in [3.63, 3.8) is 0 Å². The van der Waals surface area contributed by atoms with Crippen molar-refractivity contribution in [1.82, 2.24) is 5.32 Å². The molecule has 0 radical (unpaired) electrons. The van der Waals surface area contributed by atoms with Crippen LogP contribution in [0.2, 0.25) is 0 Å². The summed E-state index contributed by atoms with van der Waals surface area (Å²) in [6.07, 6.45) is 1.68. The highest BCUT2D eigenvalue weighted by Crippen LogP contribution is 2.28. The fraction of sp³-hybridized carbons (Fsp3) is 0.900. The lowest BCUT2D eigenvalue weighted by molar-refractivity contribution is -0.149. The van der Waals surface area contributed by atoms with Crippen molar-refractivity contribution in [3.05, 3.63) is 0 Å². The molecule has 0 saturated carbocycles. The monoisotopic (exact) mass is 233 g/mol. The van der Waals surface area contributed by atoms with Crippen LogP contribution in [0.3, 0.4) is 0 Å². The number of carbonyl (C=O) groups is 1. The Kier molecular flexibility index (Phi) is 5.42. The summed E-state index contributed by atoms with van der Waals surface area (Å²) >= 11 is 1.89. The highest BCUT2D eigenvalue weighted by Gasteiger charge is 2.40. The minimum absolute atomic E-state index is 0.140. The fourth-order valence-corrected chi connectivity index (χ4v) is 2.95. The number of nitrogens with one attached hydrogen (secondary N) is 1. The molecule has 0 aromatic heterocycles. The van der Waals surface area contributed by atoms with E-state index in [4.69, 9.17) is 9.47 Å². The van der Waals surface area contributed by atoms with Crippen molar-refractivity contribution >= 4 is 17.7 Å². The molecule has 1 rings (SSSR count). The number of carbonyl (C=O) groups excluding carboxylic acids is 1. The van der Waals surface area contributed by atoms with Crippen LogP contribution in [-0.2, 0) is 14.3 Å². The summed E-state index contributed by atoms with van der Waals surface area (Å²) in [5, 5.41) is 3.27. The molecule has 0 atom stereocenters. The van der Waals surface area contributed by atoms with Crippen molar-refractivity contribution in [1.29, 1.82) is 0 Å². The van der Waals surface area contributed by atoms with E-state index in [0.717, 1.165) is 24.3 Å². The van der Waals surface area contributed by atoms with Gasteiger partial charge >= 0.3 is 5.97 Å². The zero-order valence-corrected chi connectivity index (χ0v) is 10.2. The summed E-state index contributed by atoms with van der Waals surface area (Å²) in [5.41, 5.74) is -0.474. The van der Waals surface area contributed by atoms with Crippen LogP contribution in [0.1, 0.15) is 12.8 Å². The van der Waals surface area contributed by atoms with E-state index in [1.165, 1.54) is 7.11 Å². The summed E-state index contributed by atoms with van der Waals surface area (Å²) in [5.74, 6) is 1.88. The SMILES string of the molecule is COCCNC1(C(=O)OC)CCSCC1. The average Bonchev–Trinajstić information content (AvgIpc) is 2.29. The van der Waals surface area contributed by atoms with Gasteiger partial charge in [-0.15, -0.1) is 0 Å². The summed E-state index contributed by atoms with van der Waals surface area (Å²) < 4.78 is 9.84. The van der Waals surface area contributed by atoms with Gasteiger partial charge in [0.15, 0.2) is 0 Å². The largest absolute Gasteiger partial charge is 0.468 e. The van der Waals surface area contributed by atoms with Gasteiger partial charge in [-0.3, -0.25) is 10.1 Å². The number of esters is 1. The van der Waals surface area contributed by atoms with E-state index in [1.807, 2.05) is 11.8 Å². The first-order valence-corrected chi connectivity index (χ1v) is 6.31. The molecule has 1 fully saturated rings. The molecule has 1 saturated heterocycles. The van der Waals surface area contributed by atoms with Gasteiger partial charge in [0.05, 0.1) is 13.7 Å². The first-order chi connectivity index (χ1) is 7.25. The molecule has 1 aliphatic heterocycles. The van der Waals surface area contributed by atoms with Crippen LogP contribution in [0.4, 0.5) is 0 Å². The van der Waals surface area contributed by atoms with Gasteiger partial charge in [-0.25, -0.2) is 0 Å². The van der Waals surface area contributed by atoms with E-state index < -0.39 is 5.54 Å². The van der Waals surface area contributed by atoms with Gasteiger partial charge in [0.25, 0.3) is 0 Å². The summed E-state index contributed by atoms with van der Waals surface area (Å²) in [6, 6.07) is 0. The topological polar surface area (TPSA) is 47.6 Å². The Hall–Kier alpha value is -0.260. The van der Waals surface area contributed by atoms with E-state index in [0.29, 0.717) is 13.2 Å². The number of ether oxygens (including phenoxy) is 2. The van der Waals surface area contributed by atoms with Crippen molar-refractivity contribution < 1.29 is 14.3 Å². The molecule has 1 N–H and O–H groups in total. The highest BCUT2D eigenvalue weighted by molar-refractivity contribution is 7.99. The van der Waals surface area contributed by atoms with Crippen LogP contribution in [0, 0.1) is 0 Å². The van der Waals surface area contributed by atoms with Gasteiger partial charge in [-0.1, -0.05) is 0 Å². The molecule has 1 aliphatic rings. The van der Waals surface area contributed by atoms with Crippen LogP contribution in [-0.4, -0.2) is 50.4 Å². The van der Waals surface area contributed by atoms with Crippen molar-refractivity contribution in [2.24, 2.45) is 0 Å². The molecule has 0 spiro atoms. The zero-order valence-electron chi connectivity index (χ0n) is 9.38. The smallest absolute Gasteiger partial charge is 0.326 e. The van der Waals surface area contributed by atoms with E-state index in [1.54, 1.807) is 7.11 Å². The Bertz CT molecular complexity index is 205. The molecule has 15 heavy (non-hydrogen) atoms. The predicted octanol–water partition coefficient (Wildman–Crippen LogP) is 0.661. The van der Waals surface area contributed by atoms with Gasteiger partial charge < -0.3 is 9.47 Å². The molecule has 0 aromatic carbocycles. The fourth-order valence-electron chi connectivity index (χ4n) is 1.76. The van der Waals surface area contributed by atoms with Crippen molar-refractivity contribution in [2.75, 3.05) is 38.9 Å². The van der Waals surface area contributed by atoms with E-state index in [-0.39, 0.29) is 5.97 Å². The van der Waals surface area contributed by atoms with Crippen molar-refractivity contribution in [3.8, 4) is 0 Å². The maximum absolute atomic E-state index is 11.7. The standard InChI is InChI=1S/C10H19NO3S/c1-13-6-5-11-10(9(12)14-2)3-7-15-8-4-10/h11H,3-8H2,1-2H3. The lowest BCUT2D eigenvalue weighted by Gasteiger charge is -2.35. The maximum atomic E-state index is 11.7. The minimum Gasteiger partial charge on any atom is -0.468 e. The lowest BCUT2D eigenvalue weighted by atomic mass is 9.92. The van der Waals surface area contributed by atoms with Crippen LogP contribution >= 0.6 is 11.8 Å². The second-order valence-electron chi connectivity index (χ2n) is 3.61. The highest BCUT2D eigenvalue weighted by atomic mass is 32.2. The molecule has 0 amide bonds. The lowest BCUT2D eigenvalue weighted by Crippen LogP contribution is -2.55. The summed E-state index contributed by atoms with van der Waals surface area (Å²) in [4.78, 5) is 11.7. The first-order valence-electron chi connectivity index (χ1n) is 5.15. The van der Waals surface area contributed by atoms with Crippen LogP contribution in [0.25, 0.3) is 0 Å². The van der Waals surface area contributed by atoms with E-state index in [9.17, 15) is 4.79 Å². The Morgan fingerprint density at radius 3 is 2.60 bits per heavy atom. The van der Waals surface area contributed by atoms with Gasteiger partial charge in [-0.05, 0) is 24.3 Å².